The largest absolute Gasteiger partial charge is 0.465 e. The highest BCUT2D eigenvalue weighted by Gasteiger charge is 2.43. The van der Waals surface area contributed by atoms with Gasteiger partial charge >= 0.3 is 6.09 Å². The number of amides is 1. The molecule has 3 aromatic rings. The topological polar surface area (TPSA) is 97.7 Å². The Morgan fingerprint density at radius 1 is 1.12 bits per heavy atom. The predicted octanol–water partition coefficient (Wildman–Crippen LogP) is 4.19. The van der Waals surface area contributed by atoms with Crippen molar-refractivity contribution in [2.45, 2.75) is 25.0 Å². The molecule has 1 amide bonds. The third-order valence-corrected chi connectivity index (χ3v) is 6.56. The predicted molar refractivity (Wildman–Crippen MR) is 124 cm³/mol. The molecule has 1 saturated heterocycles. The minimum Gasteiger partial charge on any atom is -0.465 e. The molecular formula is C25H26N4O3. The van der Waals surface area contributed by atoms with Crippen LogP contribution in [0.4, 0.5) is 16.2 Å². The fourth-order valence-electron chi connectivity index (χ4n) is 5.14. The van der Waals surface area contributed by atoms with Crippen molar-refractivity contribution in [3.8, 4) is 11.1 Å². The van der Waals surface area contributed by atoms with Crippen LogP contribution in [0, 0.1) is 5.92 Å². The van der Waals surface area contributed by atoms with E-state index in [4.69, 9.17) is 5.11 Å². The molecule has 0 spiro atoms. The van der Waals surface area contributed by atoms with Crippen molar-refractivity contribution >= 4 is 17.5 Å². The van der Waals surface area contributed by atoms with E-state index in [1.54, 1.807) is 6.07 Å². The summed E-state index contributed by atoms with van der Waals surface area (Å²) in [6, 6.07) is 18.1. The van der Waals surface area contributed by atoms with Gasteiger partial charge in [-0.3, -0.25) is 15.2 Å². The Balaban J connectivity index is 1.51. The molecule has 32 heavy (non-hydrogen) atoms. The monoisotopic (exact) mass is 430 g/mol. The normalized spacial score (nSPS) is 22.0. The maximum absolute atomic E-state index is 11.0. The van der Waals surface area contributed by atoms with Crippen LogP contribution in [0.5, 0.6) is 0 Å². The smallest absolute Gasteiger partial charge is 0.409 e. The summed E-state index contributed by atoms with van der Waals surface area (Å²) in [7, 11) is 0. The quantitative estimate of drug-likeness (QED) is 0.485. The van der Waals surface area contributed by atoms with Gasteiger partial charge in [0.05, 0.1) is 12.6 Å². The van der Waals surface area contributed by atoms with Crippen LogP contribution in [-0.2, 0) is 6.54 Å². The summed E-state index contributed by atoms with van der Waals surface area (Å²) in [5.41, 5.74) is 6.04. The lowest BCUT2D eigenvalue weighted by Gasteiger charge is -2.39. The van der Waals surface area contributed by atoms with Gasteiger partial charge in [-0.05, 0) is 71.6 Å². The van der Waals surface area contributed by atoms with E-state index in [0.717, 1.165) is 36.3 Å². The van der Waals surface area contributed by atoms with Crippen molar-refractivity contribution in [3.05, 3.63) is 78.1 Å². The number of fused-ring (bicyclic) bond motifs is 3. The lowest BCUT2D eigenvalue weighted by atomic mass is 9.82. The molecule has 3 heterocycles. The van der Waals surface area contributed by atoms with Gasteiger partial charge < -0.3 is 15.5 Å². The molecule has 1 aromatic heterocycles. The van der Waals surface area contributed by atoms with Gasteiger partial charge in [-0.2, -0.15) is 0 Å². The van der Waals surface area contributed by atoms with E-state index in [-0.39, 0.29) is 18.7 Å². The first-order valence-corrected chi connectivity index (χ1v) is 10.9. The summed E-state index contributed by atoms with van der Waals surface area (Å²) < 4.78 is 0. The highest BCUT2D eigenvalue weighted by atomic mass is 16.4. The molecule has 164 valence electrons. The van der Waals surface area contributed by atoms with Gasteiger partial charge in [0.1, 0.15) is 0 Å². The molecule has 1 fully saturated rings. The van der Waals surface area contributed by atoms with Crippen LogP contribution in [0.15, 0.2) is 67.0 Å². The van der Waals surface area contributed by atoms with Crippen LogP contribution in [0.3, 0.4) is 0 Å². The van der Waals surface area contributed by atoms with Crippen molar-refractivity contribution in [3.63, 3.8) is 0 Å². The van der Waals surface area contributed by atoms with Crippen LogP contribution in [0.2, 0.25) is 0 Å². The van der Waals surface area contributed by atoms with Gasteiger partial charge in [0.25, 0.3) is 0 Å². The van der Waals surface area contributed by atoms with Gasteiger partial charge in [-0.1, -0.05) is 18.2 Å². The number of benzene rings is 2. The lowest BCUT2D eigenvalue weighted by Crippen LogP contribution is -2.41. The zero-order chi connectivity index (χ0) is 22.1. The number of anilines is 2. The third kappa shape index (κ3) is 3.92. The maximum atomic E-state index is 11.0. The Morgan fingerprint density at radius 3 is 2.72 bits per heavy atom. The molecule has 3 atom stereocenters. The number of carbonyl (C=O) groups is 1. The maximum Gasteiger partial charge on any atom is 0.409 e. The number of likely N-dealkylation sites (tertiary alicyclic amines) is 1. The van der Waals surface area contributed by atoms with Gasteiger partial charge in [-0.15, -0.1) is 0 Å². The zero-order valence-corrected chi connectivity index (χ0v) is 17.6. The number of aliphatic hydroxyl groups is 1. The minimum absolute atomic E-state index is 0.0314. The summed E-state index contributed by atoms with van der Waals surface area (Å²) >= 11 is 0. The van der Waals surface area contributed by atoms with Crippen LogP contribution in [-0.4, -0.2) is 45.4 Å². The number of nitrogens with zero attached hydrogens (tertiary/aromatic N) is 2. The molecule has 7 heteroatoms. The SMILES string of the molecule is O=C(O)Nc1cccc(-c2ccc3c(c2)[C@H]2[C@H](CCN2Cc2ccncc2)[C@@H](CO)N3)c1. The van der Waals surface area contributed by atoms with Gasteiger partial charge in [0, 0.05) is 42.3 Å². The number of aromatic nitrogens is 1. The highest BCUT2D eigenvalue weighted by Crippen LogP contribution is 2.47. The van der Waals surface area contributed by atoms with E-state index in [0.29, 0.717) is 11.6 Å². The molecule has 0 saturated carbocycles. The number of nitrogens with one attached hydrogen (secondary N) is 2. The standard InChI is InChI=1S/C25H26N4O3/c30-15-23-20-8-11-29(14-16-6-9-26-10-7-16)24(20)21-13-18(4-5-22(21)28-23)17-2-1-3-19(12-17)27-25(31)32/h1-7,9-10,12-13,20,23-24,27-28,30H,8,11,14-15H2,(H,31,32)/t20-,23-,24-/m1/s1. The van der Waals surface area contributed by atoms with Crippen molar-refractivity contribution in [1.82, 2.24) is 9.88 Å². The molecule has 4 N–H and O–H groups in total. The van der Waals surface area contributed by atoms with Crippen LogP contribution in [0.1, 0.15) is 23.6 Å². The number of hydrogen-bond acceptors (Lipinski definition) is 5. The van der Waals surface area contributed by atoms with Crippen molar-refractivity contribution in [2.75, 3.05) is 23.8 Å². The third-order valence-electron chi connectivity index (χ3n) is 6.56. The van der Waals surface area contributed by atoms with Crippen LogP contribution in [0.25, 0.3) is 11.1 Å². The number of carboxylic acid groups (broad SMARTS) is 1. The molecule has 0 unspecified atom stereocenters. The Hall–Kier alpha value is -3.42. The molecule has 7 nitrogen and oxygen atoms in total. The Morgan fingerprint density at radius 2 is 1.94 bits per heavy atom. The first-order chi connectivity index (χ1) is 15.6. The molecule has 2 aromatic carbocycles. The molecule has 0 aliphatic carbocycles. The van der Waals surface area contributed by atoms with E-state index in [2.05, 4.69) is 44.8 Å². The Kier molecular flexibility index (Phi) is 5.51. The van der Waals surface area contributed by atoms with Gasteiger partial charge in [-0.25, -0.2) is 4.79 Å². The Labute approximate surface area is 186 Å². The molecule has 2 aliphatic heterocycles. The number of hydrogen-bond donors (Lipinski definition) is 4. The van der Waals surface area contributed by atoms with E-state index in [9.17, 15) is 9.90 Å². The van der Waals surface area contributed by atoms with E-state index >= 15 is 0 Å². The molecule has 2 aliphatic rings. The summed E-state index contributed by atoms with van der Waals surface area (Å²) in [6.45, 7) is 1.91. The average Bonchev–Trinajstić information content (AvgIpc) is 3.22. The number of rotatable bonds is 5. The first-order valence-electron chi connectivity index (χ1n) is 10.9. The van der Waals surface area contributed by atoms with Gasteiger partial charge in [0.15, 0.2) is 0 Å². The lowest BCUT2D eigenvalue weighted by molar-refractivity contribution is 0.172. The first kappa shape index (κ1) is 20.5. The second-order valence-corrected chi connectivity index (χ2v) is 8.47. The van der Waals surface area contributed by atoms with Gasteiger partial charge in [0.2, 0.25) is 0 Å². The van der Waals surface area contributed by atoms with Crippen molar-refractivity contribution in [2.24, 2.45) is 5.92 Å². The highest BCUT2D eigenvalue weighted by molar-refractivity contribution is 5.84. The van der Waals surface area contributed by atoms with Crippen molar-refractivity contribution < 1.29 is 15.0 Å². The zero-order valence-electron chi connectivity index (χ0n) is 17.6. The summed E-state index contributed by atoms with van der Waals surface area (Å²) in [6.07, 6.45) is 3.60. The fraction of sp³-hybridized carbons (Fsp3) is 0.280. The van der Waals surface area contributed by atoms with E-state index < -0.39 is 6.09 Å². The van der Waals surface area contributed by atoms with Crippen molar-refractivity contribution in [1.29, 1.82) is 0 Å². The summed E-state index contributed by atoms with van der Waals surface area (Å²) in [4.78, 5) is 17.7. The average molecular weight is 431 g/mol. The summed E-state index contributed by atoms with van der Waals surface area (Å²) in [5, 5.41) is 25.0. The minimum atomic E-state index is -1.08. The van der Waals surface area contributed by atoms with E-state index in [1.807, 2.05) is 36.7 Å². The van der Waals surface area contributed by atoms with Crippen LogP contribution < -0.4 is 10.6 Å². The molecule has 5 rings (SSSR count). The number of pyridine rings is 1. The Bertz CT molecular complexity index is 1120. The fourth-order valence-corrected chi connectivity index (χ4v) is 5.14. The second kappa shape index (κ2) is 8.61. The number of aliphatic hydroxyl groups excluding tert-OH is 1. The summed E-state index contributed by atoms with van der Waals surface area (Å²) in [5.74, 6) is 0.324. The molecular weight excluding hydrogens is 404 g/mol. The molecule has 0 bridgehead atoms. The van der Waals surface area contributed by atoms with E-state index in [1.165, 1.54) is 11.1 Å². The molecule has 0 radical (unpaired) electrons. The second-order valence-electron chi connectivity index (χ2n) is 8.47. The van der Waals surface area contributed by atoms with Crippen LogP contribution >= 0.6 is 0 Å².